The molecule has 2 aromatic heterocycles. The fraction of sp³-hybridized carbons (Fsp3) is 0.531. The van der Waals surface area contributed by atoms with E-state index in [0.717, 1.165) is 56.1 Å². The number of aliphatic hydroxyl groups excluding tert-OH is 1. The van der Waals surface area contributed by atoms with Gasteiger partial charge in [-0.2, -0.15) is 4.98 Å². The molecule has 2 fully saturated rings. The van der Waals surface area contributed by atoms with Crippen molar-refractivity contribution in [1.29, 1.82) is 0 Å². The summed E-state index contributed by atoms with van der Waals surface area (Å²) in [5.74, 6) is 2.29. The lowest BCUT2D eigenvalue weighted by atomic mass is 9.99. The second kappa shape index (κ2) is 13.8. The minimum absolute atomic E-state index is 0.0392. The maximum Gasteiger partial charge on any atom is 0.270 e. The second-order valence-corrected chi connectivity index (χ2v) is 12.2. The van der Waals surface area contributed by atoms with Gasteiger partial charge in [0.05, 0.1) is 17.8 Å². The first kappa shape index (κ1) is 30.8. The van der Waals surface area contributed by atoms with Gasteiger partial charge in [-0.1, -0.05) is 6.07 Å². The van der Waals surface area contributed by atoms with E-state index in [0.29, 0.717) is 44.6 Å². The number of ether oxygens (including phenoxy) is 1. The van der Waals surface area contributed by atoms with Crippen LogP contribution in [0, 0.1) is 6.92 Å². The van der Waals surface area contributed by atoms with Crippen LogP contribution in [0.4, 0.5) is 11.8 Å². The number of nitrogens with one attached hydrogen (secondary N) is 2. The zero-order valence-electron chi connectivity index (χ0n) is 26.0. The number of carbonyl (C=O) groups is 2. The minimum Gasteiger partial charge on any atom is -0.486 e. The van der Waals surface area contributed by atoms with Gasteiger partial charge in [-0.3, -0.25) is 14.5 Å². The molecule has 13 heteroatoms. The Morgan fingerprint density at radius 1 is 1.11 bits per heavy atom. The Kier molecular flexibility index (Phi) is 9.45. The number of anilines is 2. The molecule has 1 aromatic carbocycles. The molecule has 6 rings (SSSR count). The fourth-order valence-corrected chi connectivity index (χ4v) is 6.02. The average molecular weight is 619 g/mol. The average Bonchev–Trinajstić information content (AvgIpc) is 3.44. The van der Waals surface area contributed by atoms with Crippen molar-refractivity contribution in [2.45, 2.75) is 64.8 Å². The van der Waals surface area contributed by atoms with Crippen molar-refractivity contribution < 1.29 is 23.8 Å². The minimum atomic E-state index is -0.739. The number of likely N-dealkylation sites (tertiary alicyclic amines) is 1. The first-order chi connectivity index (χ1) is 21.8. The third kappa shape index (κ3) is 7.71. The van der Waals surface area contributed by atoms with E-state index in [9.17, 15) is 14.7 Å². The summed E-state index contributed by atoms with van der Waals surface area (Å²) < 4.78 is 11.3. The molecule has 0 saturated carbocycles. The van der Waals surface area contributed by atoms with Crippen LogP contribution >= 0.6 is 0 Å². The predicted molar refractivity (Wildman–Crippen MR) is 167 cm³/mol. The smallest absolute Gasteiger partial charge is 0.270 e. The molecule has 0 unspecified atom stereocenters. The van der Waals surface area contributed by atoms with Crippen LogP contribution in [0.3, 0.4) is 0 Å². The SMILES string of the molecule is CC(=O)N1CC(Nc2nc(C(=O)NC[C@H](O)CN3CCc4cc(OCc5ocnc5C)ccc4C3)cc(N3CCCCC3)n2)C1. The summed E-state index contributed by atoms with van der Waals surface area (Å²) in [4.78, 5) is 44.3. The number of aryl methyl sites for hydroxylation is 1. The Balaban J connectivity index is 1.02. The summed E-state index contributed by atoms with van der Waals surface area (Å²) in [7, 11) is 0. The van der Waals surface area contributed by atoms with E-state index in [1.54, 1.807) is 17.9 Å². The van der Waals surface area contributed by atoms with Gasteiger partial charge < -0.3 is 34.7 Å². The number of fused-ring (bicyclic) bond motifs is 1. The van der Waals surface area contributed by atoms with Crippen LogP contribution in [-0.4, -0.2) is 99.6 Å². The highest BCUT2D eigenvalue weighted by Gasteiger charge is 2.30. The van der Waals surface area contributed by atoms with Crippen molar-refractivity contribution >= 4 is 23.6 Å². The molecule has 3 aliphatic heterocycles. The number of β-amino-alcohol motifs (C(OH)–C–C–N with tert-alkyl or cyclic N) is 1. The molecule has 45 heavy (non-hydrogen) atoms. The van der Waals surface area contributed by atoms with Gasteiger partial charge in [-0.05, 0) is 55.9 Å². The molecule has 5 heterocycles. The fourth-order valence-electron chi connectivity index (χ4n) is 6.02. The number of nitrogens with zero attached hydrogens (tertiary/aromatic N) is 6. The third-order valence-corrected chi connectivity index (χ3v) is 8.74. The normalized spacial score (nSPS) is 17.8. The van der Waals surface area contributed by atoms with E-state index < -0.39 is 6.10 Å². The summed E-state index contributed by atoms with van der Waals surface area (Å²) in [6.07, 6.45) is 4.87. The topological polar surface area (TPSA) is 149 Å². The zero-order valence-corrected chi connectivity index (χ0v) is 26.0. The van der Waals surface area contributed by atoms with Gasteiger partial charge in [-0.25, -0.2) is 9.97 Å². The molecule has 2 amide bonds. The molecule has 0 radical (unpaired) electrons. The van der Waals surface area contributed by atoms with Gasteiger partial charge >= 0.3 is 0 Å². The van der Waals surface area contributed by atoms with E-state index in [1.165, 1.54) is 23.9 Å². The Hall–Kier alpha value is -4.23. The highest BCUT2D eigenvalue weighted by atomic mass is 16.5. The van der Waals surface area contributed by atoms with Gasteiger partial charge in [0.2, 0.25) is 11.9 Å². The summed E-state index contributed by atoms with van der Waals surface area (Å²) in [6.45, 7) is 8.77. The van der Waals surface area contributed by atoms with E-state index in [1.807, 2.05) is 13.0 Å². The van der Waals surface area contributed by atoms with Crippen molar-refractivity contribution in [1.82, 2.24) is 30.1 Å². The summed E-state index contributed by atoms with van der Waals surface area (Å²) in [5.41, 5.74) is 3.51. The number of rotatable bonds is 11. The van der Waals surface area contributed by atoms with Crippen LogP contribution < -0.4 is 20.3 Å². The number of hydrogen-bond donors (Lipinski definition) is 3. The van der Waals surface area contributed by atoms with Crippen molar-refractivity contribution in [2.24, 2.45) is 0 Å². The van der Waals surface area contributed by atoms with Crippen molar-refractivity contribution in [3.05, 3.63) is 58.9 Å². The molecule has 3 aromatic rings. The number of aliphatic hydroxyl groups is 1. The first-order valence-electron chi connectivity index (χ1n) is 15.8. The predicted octanol–water partition coefficient (Wildman–Crippen LogP) is 2.13. The van der Waals surface area contributed by atoms with E-state index >= 15 is 0 Å². The molecule has 3 N–H and O–H groups in total. The highest BCUT2D eigenvalue weighted by Crippen LogP contribution is 2.25. The number of hydrogen-bond acceptors (Lipinski definition) is 11. The van der Waals surface area contributed by atoms with Crippen LogP contribution in [0.5, 0.6) is 5.75 Å². The largest absolute Gasteiger partial charge is 0.486 e. The molecule has 2 saturated heterocycles. The van der Waals surface area contributed by atoms with Crippen molar-refractivity contribution in [2.75, 3.05) is 56.0 Å². The van der Waals surface area contributed by atoms with Crippen LogP contribution in [0.1, 0.15) is 59.3 Å². The van der Waals surface area contributed by atoms with Crippen LogP contribution in [-0.2, 0) is 24.4 Å². The molecule has 0 spiro atoms. The van der Waals surface area contributed by atoms with Crippen LogP contribution in [0.15, 0.2) is 35.1 Å². The number of aromatic nitrogens is 3. The number of carbonyl (C=O) groups excluding carboxylic acids is 2. The maximum absolute atomic E-state index is 13.2. The second-order valence-electron chi connectivity index (χ2n) is 12.2. The maximum atomic E-state index is 13.2. The Labute approximate surface area is 263 Å². The lowest BCUT2D eigenvalue weighted by Crippen LogP contribution is -2.56. The number of oxazole rings is 1. The molecule has 1 atom stereocenters. The van der Waals surface area contributed by atoms with Gasteiger partial charge in [-0.15, -0.1) is 0 Å². The Bertz CT molecular complexity index is 1500. The summed E-state index contributed by atoms with van der Waals surface area (Å²) in [6, 6.07) is 7.87. The van der Waals surface area contributed by atoms with Crippen LogP contribution in [0.25, 0.3) is 0 Å². The molecule has 0 bridgehead atoms. The van der Waals surface area contributed by atoms with Gasteiger partial charge in [0.1, 0.15) is 23.9 Å². The molecule has 240 valence electrons. The standard InChI is InChI=1S/C32H42N8O5/c1-21-29(45-20-34-21)19-44-27-7-6-24-15-38(11-8-23(24)12-27)18-26(42)14-33-31(43)28-13-30(39-9-4-3-5-10-39)37-32(36-28)35-25-16-40(17-25)22(2)41/h6-7,12-13,20,25-26,42H,3-5,8-11,14-19H2,1-2H3,(H,33,43)(H,35,36,37)/t26-/m0/s1. The Morgan fingerprint density at radius 2 is 1.93 bits per heavy atom. The zero-order chi connectivity index (χ0) is 31.3. The van der Waals surface area contributed by atoms with Gasteiger partial charge in [0.15, 0.2) is 12.2 Å². The van der Waals surface area contributed by atoms with Gasteiger partial charge in [0.25, 0.3) is 5.91 Å². The molecular formula is C32H42N8O5. The monoisotopic (exact) mass is 618 g/mol. The Morgan fingerprint density at radius 3 is 2.69 bits per heavy atom. The van der Waals surface area contributed by atoms with E-state index in [2.05, 4.69) is 42.5 Å². The van der Waals surface area contributed by atoms with Gasteiger partial charge in [0, 0.05) is 65.3 Å². The number of amides is 2. The van der Waals surface area contributed by atoms with E-state index in [-0.39, 0.29) is 30.1 Å². The lowest BCUT2D eigenvalue weighted by Gasteiger charge is -2.39. The molecule has 13 nitrogen and oxygen atoms in total. The molecule has 3 aliphatic rings. The quantitative estimate of drug-likeness (QED) is 0.290. The highest BCUT2D eigenvalue weighted by molar-refractivity contribution is 5.93. The lowest BCUT2D eigenvalue weighted by molar-refractivity contribution is -0.132. The molecule has 0 aliphatic carbocycles. The summed E-state index contributed by atoms with van der Waals surface area (Å²) >= 11 is 0. The number of piperidine rings is 1. The van der Waals surface area contributed by atoms with Crippen molar-refractivity contribution in [3.63, 3.8) is 0 Å². The first-order valence-corrected chi connectivity index (χ1v) is 15.8. The summed E-state index contributed by atoms with van der Waals surface area (Å²) in [5, 5.41) is 17.0. The van der Waals surface area contributed by atoms with Crippen LogP contribution in [0.2, 0.25) is 0 Å². The number of benzene rings is 1. The third-order valence-electron chi connectivity index (χ3n) is 8.74. The van der Waals surface area contributed by atoms with E-state index in [4.69, 9.17) is 14.1 Å². The van der Waals surface area contributed by atoms with Crippen molar-refractivity contribution in [3.8, 4) is 5.75 Å². The molecular weight excluding hydrogens is 576 g/mol.